The van der Waals surface area contributed by atoms with Crippen molar-refractivity contribution in [3.05, 3.63) is 56.8 Å². The van der Waals surface area contributed by atoms with Crippen molar-refractivity contribution in [2.75, 3.05) is 7.11 Å². The maximum Gasteiger partial charge on any atom is 0.262 e. The molecule has 0 atom stereocenters. The van der Waals surface area contributed by atoms with Gasteiger partial charge >= 0.3 is 0 Å². The Morgan fingerprint density at radius 1 is 1.44 bits per heavy atom. The molecule has 4 nitrogen and oxygen atoms in total. The van der Waals surface area contributed by atoms with Gasteiger partial charge in [-0.15, -0.1) is 11.3 Å². The second kappa shape index (κ2) is 8.50. The second-order valence-electron chi connectivity index (χ2n) is 6.04. The fourth-order valence-electron chi connectivity index (χ4n) is 2.48. The van der Waals surface area contributed by atoms with Crippen molar-refractivity contribution in [3.8, 4) is 11.8 Å². The van der Waals surface area contributed by atoms with Gasteiger partial charge in [-0.25, -0.2) is 0 Å². The average molecular weight is 354 g/mol. The first-order valence-electron chi connectivity index (χ1n) is 8.07. The normalized spacial score (nSPS) is 11.3. The molecule has 2 aromatic rings. The smallest absolute Gasteiger partial charge is 0.262 e. The molecule has 0 saturated carbocycles. The van der Waals surface area contributed by atoms with Gasteiger partial charge in [-0.1, -0.05) is 19.9 Å². The van der Waals surface area contributed by atoms with Crippen molar-refractivity contribution in [3.63, 3.8) is 0 Å². The van der Waals surface area contributed by atoms with E-state index in [2.05, 4.69) is 19.2 Å². The Hall–Kier alpha value is -2.58. The standard InChI is InChI=1S/C20H22N2O2S/c1-13(2)18-10-15(14(3)8-19(18)24-4)9-16(11-21)20(23)22-12-17-6-5-7-25-17/h5-10,13H,12H2,1-4H3,(H,22,23). The summed E-state index contributed by atoms with van der Waals surface area (Å²) in [5.41, 5.74) is 2.96. The van der Waals surface area contributed by atoms with Crippen LogP contribution in [0, 0.1) is 18.3 Å². The number of nitrogens with one attached hydrogen (secondary N) is 1. The third-order valence-electron chi connectivity index (χ3n) is 3.91. The molecule has 25 heavy (non-hydrogen) atoms. The third kappa shape index (κ3) is 4.71. The van der Waals surface area contributed by atoms with E-state index in [0.717, 1.165) is 27.3 Å². The highest BCUT2D eigenvalue weighted by molar-refractivity contribution is 7.09. The molecular weight excluding hydrogens is 332 g/mol. The molecule has 130 valence electrons. The van der Waals surface area contributed by atoms with Gasteiger partial charge < -0.3 is 10.1 Å². The predicted octanol–water partition coefficient (Wildman–Crippen LogP) is 4.41. The molecule has 0 radical (unpaired) electrons. The summed E-state index contributed by atoms with van der Waals surface area (Å²) in [6.45, 7) is 6.53. The number of rotatable bonds is 6. The number of hydrogen-bond acceptors (Lipinski definition) is 4. The van der Waals surface area contributed by atoms with Gasteiger partial charge in [0.2, 0.25) is 0 Å². The predicted molar refractivity (Wildman–Crippen MR) is 102 cm³/mol. The maximum atomic E-state index is 12.3. The van der Waals surface area contributed by atoms with Crippen LogP contribution in [-0.2, 0) is 11.3 Å². The minimum Gasteiger partial charge on any atom is -0.496 e. The van der Waals surface area contributed by atoms with Crippen LogP contribution in [-0.4, -0.2) is 13.0 Å². The Bertz CT molecular complexity index is 815. The van der Waals surface area contributed by atoms with Crippen LogP contribution in [0.4, 0.5) is 0 Å². The summed E-state index contributed by atoms with van der Waals surface area (Å²) < 4.78 is 5.44. The van der Waals surface area contributed by atoms with Crippen LogP contribution in [0.1, 0.15) is 41.3 Å². The topological polar surface area (TPSA) is 62.1 Å². The first-order chi connectivity index (χ1) is 12.0. The third-order valence-corrected chi connectivity index (χ3v) is 4.78. The van der Waals surface area contributed by atoms with Crippen molar-refractivity contribution in [2.45, 2.75) is 33.2 Å². The maximum absolute atomic E-state index is 12.3. The molecule has 1 heterocycles. The summed E-state index contributed by atoms with van der Waals surface area (Å²) in [5.74, 6) is 0.739. The van der Waals surface area contributed by atoms with Crippen LogP contribution in [0.15, 0.2) is 35.2 Å². The lowest BCUT2D eigenvalue weighted by Crippen LogP contribution is -2.23. The van der Waals surface area contributed by atoms with Gasteiger partial charge in [-0.3, -0.25) is 4.79 Å². The van der Waals surface area contributed by atoms with Crippen LogP contribution in [0.5, 0.6) is 5.75 Å². The van der Waals surface area contributed by atoms with E-state index in [9.17, 15) is 10.1 Å². The number of amides is 1. The van der Waals surface area contributed by atoms with Gasteiger partial charge in [-0.05, 0) is 59.2 Å². The van der Waals surface area contributed by atoms with Gasteiger partial charge in [0.15, 0.2) is 0 Å². The molecule has 2 rings (SSSR count). The molecule has 0 aliphatic carbocycles. The number of nitrogens with zero attached hydrogens (tertiary/aromatic N) is 1. The number of ether oxygens (including phenoxy) is 1. The first-order valence-corrected chi connectivity index (χ1v) is 8.95. The summed E-state index contributed by atoms with van der Waals surface area (Å²) in [7, 11) is 1.65. The lowest BCUT2D eigenvalue weighted by molar-refractivity contribution is -0.117. The monoisotopic (exact) mass is 354 g/mol. The highest BCUT2D eigenvalue weighted by atomic mass is 32.1. The Balaban J connectivity index is 2.27. The van der Waals surface area contributed by atoms with Crippen molar-refractivity contribution in [1.29, 1.82) is 5.26 Å². The number of thiophene rings is 1. The molecule has 1 aromatic carbocycles. The highest BCUT2D eigenvalue weighted by Gasteiger charge is 2.13. The van der Waals surface area contributed by atoms with E-state index < -0.39 is 0 Å². The van der Waals surface area contributed by atoms with Gasteiger partial charge in [0.05, 0.1) is 13.7 Å². The molecule has 1 aromatic heterocycles. The fraction of sp³-hybridized carbons (Fsp3) is 0.300. The Kier molecular flexibility index (Phi) is 6.37. The second-order valence-corrected chi connectivity index (χ2v) is 7.07. The molecular formula is C20H22N2O2S. The van der Waals surface area contributed by atoms with Crippen molar-refractivity contribution < 1.29 is 9.53 Å². The average Bonchev–Trinajstić information content (AvgIpc) is 3.11. The number of hydrogen-bond donors (Lipinski definition) is 1. The first kappa shape index (κ1) is 18.8. The zero-order chi connectivity index (χ0) is 18.4. The summed E-state index contributed by atoms with van der Waals surface area (Å²) in [6.07, 6.45) is 1.64. The molecule has 0 spiro atoms. The largest absolute Gasteiger partial charge is 0.496 e. The van der Waals surface area contributed by atoms with E-state index in [1.54, 1.807) is 24.5 Å². The lowest BCUT2D eigenvalue weighted by Gasteiger charge is -2.15. The van der Waals surface area contributed by atoms with E-state index in [4.69, 9.17) is 4.74 Å². The molecule has 0 fully saturated rings. The molecule has 5 heteroatoms. The number of methoxy groups -OCH3 is 1. The minimum absolute atomic E-state index is 0.0968. The van der Waals surface area contributed by atoms with Crippen LogP contribution < -0.4 is 10.1 Å². The van der Waals surface area contributed by atoms with Crippen LogP contribution in [0.2, 0.25) is 0 Å². The van der Waals surface area contributed by atoms with Crippen molar-refractivity contribution in [1.82, 2.24) is 5.32 Å². The minimum atomic E-state index is -0.364. The molecule has 0 aliphatic rings. The van der Waals surface area contributed by atoms with Crippen molar-refractivity contribution >= 4 is 23.3 Å². The van der Waals surface area contributed by atoms with E-state index >= 15 is 0 Å². The van der Waals surface area contributed by atoms with Gasteiger partial charge in [0, 0.05) is 4.88 Å². The number of aryl methyl sites for hydroxylation is 1. The van der Waals surface area contributed by atoms with Gasteiger partial charge in [-0.2, -0.15) is 5.26 Å². The fourth-order valence-corrected chi connectivity index (χ4v) is 3.12. The van der Waals surface area contributed by atoms with Crippen LogP contribution in [0.25, 0.3) is 6.08 Å². The molecule has 1 amide bonds. The zero-order valence-electron chi connectivity index (χ0n) is 14.9. The Morgan fingerprint density at radius 2 is 2.20 bits per heavy atom. The molecule has 0 unspecified atom stereocenters. The van der Waals surface area contributed by atoms with E-state index in [1.807, 2.05) is 42.6 Å². The highest BCUT2D eigenvalue weighted by Crippen LogP contribution is 2.30. The molecule has 0 bridgehead atoms. The van der Waals surface area contributed by atoms with Gasteiger partial charge in [0.1, 0.15) is 17.4 Å². The van der Waals surface area contributed by atoms with Crippen molar-refractivity contribution in [2.24, 2.45) is 0 Å². The lowest BCUT2D eigenvalue weighted by atomic mass is 9.95. The number of carbonyl (C=O) groups excluding carboxylic acids is 1. The number of nitriles is 1. The summed E-state index contributed by atoms with van der Waals surface area (Å²) in [5, 5.41) is 14.1. The molecule has 0 aliphatic heterocycles. The Morgan fingerprint density at radius 3 is 2.76 bits per heavy atom. The summed E-state index contributed by atoms with van der Waals surface area (Å²) in [4.78, 5) is 13.4. The van der Waals surface area contributed by atoms with Gasteiger partial charge in [0.25, 0.3) is 5.91 Å². The molecule has 0 saturated heterocycles. The summed E-state index contributed by atoms with van der Waals surface area (Å²) >= 11 is 1.57. The summed E-state index contributed by atoms with van der Waals surface area (Å²) in [6, 6.07) is 9.82. The van der Waals surface area contributed by atoms with Crippen LogP contribution >= 0.6 is 11.3 Å². The number of carbonyl (C=O) groups is 1. The quantitative estimate of drug-likeness (QED) is 0.617. The van der Waals surface area contributed by atoms with E-state index in [1.165, 1.54) is 0 Å². The zero-order valence-corrected chi connectivity index (χ0v) is 15.7. The number of benzene rings is 1. The SMILES string of the molecule is COc1cc(C)c(C=C(C#N)C(=O)NCc2cccs2)cc1C(C)C. The van der Waals surface area contributed by atoms with E-state index in [0.29, 0.717) is 6.54 Å². The molecule has 1 N–H and O–H groups in total. The Labute approximate surface area is 152 Å². The van der Waals surface area contributed by atoms with Crippen LogP contribution in [0.3, 0.4) is 0 Å². The van der Waals surface area contributed by atoms with E-state index in [-0.39, 0.29) is 17.4 Å².